The molecule has 0 aliphatic heterocycles. The molecule has 144 valence electrons. The Morgan fingerprint density at radius 1 is 0.963 bits per heavy atom. The number of carbonyl (C=O) groups excluding carboxylic acids is 2. The average Bonchev–Trinajstić information content (AvgIpc) is 2.66. The van der Waals surface area contributed by atoms with E-state index in [2.05, 4.69) is 29.2 Å². The first-order valence-electron chi connectivity index (χ1n) is 8.87. The average molecular weight is 370 g/mol. The van der Waals surface area contributed by atoms with Crippen LogP contribution in [0.25, 0.3) is 0 Å². The van der Waals surface area contributed by atoms with Gasteiger partial charge in [0.2, 0.25) is 0 Å². The van der Waals surface area contributed by atoms with Gasteiger partial charge in [-0.25, -0.2) is 9.59 Å². The number of urea groups is 1. The highest BCUT2D eigenvalue weighted by Crippen LogP contribution is 2.19. The molecule has 1 unspecified atom stereocenters. The second kappa shape index (κ2) is 9.62. The van der Waals surface area contributed by atoms with Gasteiger partial charge in [-0.3, -0.25) is 0 Å². The zero-order valence-electron chi connectivity index (χ0n) is 16.1. The van der Waals surface area contributed by atoms with Crippen LogP contribution in [0.1, 0.15) is 48.2 Å². The van der Waals surface area contributed by atoms with Crippen LogP contribution in [0.3, 0.4) is 0 Å². The van der Waals surface area contributed by atoms with Crippen LogP contribution in [0.2, 0.25) is 0 Å². The van der Waals surface area contributed by atoms with Crippen LogP contribution in [0, 0.1) is 0 Å². The largest absolute Gasteiger partial charge is 0.471 e. The molecule has 27 heavy (non-hydrogen) atoms. The number of esters is 1. The summed E-state index contributed by atoms with van der Waals surface area (Å²) in [5, 5.41) is 5.48. The Morgan fingerprint density at radius 3 is 2.15 bits per heavy atom. The van der Waals surface area contributed by atoms with Crippen molar-refractivity contribution in [3.63, 3.8) is 0 Å². The van der Waals surface area contributed by atoms with E-state index in [0.717, 1.165) is 5.56 Å². The lowest BCUT2D eigenvalue weighted by atomic mass is 10.0. The minimum atomic E-state index is -0.475. The number of methoxy groups -OCH3 is 1. The first kappa shape index (κ1) is 20.3. The zero-order chi connectivity index (χ0) is 19.8. The molecule has 2 amide bonds. The summed E-state index contributed by atoms with van der Waals surface area (Å²) in [5.41, 5.74) is 2.57. The van der Waals surface area contributed by atoms with Crippen LogP contribution in [-0.2, 0) is 11.3 Å². The molecular weight excluding hydrogens is 344 g/mol. The lowest BCUT2D eigenvalue weighted by Crippen LogP contribution is -2.43. The molecule has 0 heterocycles. The van der Waals surface area contributed by atoms with Crippen LogP contribution in [0.4, 0.5) is 4.79 Å². The van der Waals surface area contributed by atoms with Gasteiger partial charge in [0.1, 0.15) is 5.75 Å². The number of hydrogen-bond donors (Lipinski definition) is 2. The molecule has 2 N–H and O–H groups in total. The van der Waals surface area contributed by atoms with Crippen molar-refractivity contribution in [2.24, 2.45) is 0 Å². The third-order valence-electron chi connectivity index (χ3n) is 4.02. The molecule has 0 saturated heterocycles. The summed E-state index contributed by atoms with van der Waals surface area (Å²) in [7, 11) is 1.34. The van der Waals surface area contributed by atoms with Gasteiger partial charge in [-0.1, -0.05) is 38.1 Å². The summed E-state index contributed by atoms with van der Waals surface area (Å²) in [5.74, 6) is 0.771. The highest BCUT2D eigenvalue weighted by atomic mass is 16.5. The van der Waals surface area contributed by atoms with Crippen molar-refractivity contribution in [2.45, 2.75) is 39.5 Å². The SMILES string of the molecule is COC(=O)c1ccc(CNC(=O)NC(C)Oc2ccc(C(C)C)cc2)cc1. The first-order valence-corrected chi connectivity index (χ1v) is 8.87. The Kier molecular flexibility index (Phi) is 7.23. The number of rotatable bonds is 7. The van der Waals surface area contributed by atoms with E-state index < -0.39 is 6.23 Å². The Hall–Kier alpha value is -3.02. The van der Waals surface area contributed by atoms with E-state index in [-0.39, 0.29) is 12.0 Å². The summed E-state index contributed by atoms with van der Waals surface area (Å²) in [6, 6.07) is 14.3. The topological polar surface area (TPSA) is 76.7 Å². The second-order valence-electron chi connectivity index (χ2n) is 6.50. The maximum Gasteiger partial charge on any atom is 0.337 e. The van der Waals surface area contributed by atoms with Crippen molar-refractivity contribution in [2.75, 3.05) is 7.11 Å². The molecule has 2 rings (SSSR count). The van der Waals surface area contributed by atoms with Crippen molar-refractivity contribution >= 4 is 12.0 Å². The molecule has 2 aromatic rings. The summed E-state index contributed by atoms with van der Waals surface area (Å²) in [4.78, 5) is 23.4. The van der Waals surface area contributed by atoms with Gasteiger partial charge in [-0.2, -0.15) is 0 Å². The summed E-state index contributed by atoms with van der Waals surface area (Å²) in [6.45, 7) is 6.37. The molecule has 0 aliphatic carbocycles. The number of hydrogen-bond acceptors (Lipinski definition) is 4. The first-order chi connectivity index (χ1) is 12.9. The molecule has 6 nitrogen and oxygen atoms in total. The summed E-state index contributed by atoms with van der Waals surface area (Å²) < 4.78 is 10.4. The molecule has 6 heteroatoms. The minimum Gasteiger partial charge on any atom is -0.471 e. The number of ether oxygens (including phenoxy) is 2. The molecule has 1 atom stereocenters. The standard InChI is InChI=1S/C21H26N2O4/c1-14(2)17-9-11-19(12-10-17)27-15(3)23-21(25)22-13-16-5-7-18(8-6-16)20(24)26-4/h5-12,14-15H,13H2,1-4H3,(H2,22,23,25). The lowest BCUT2D eigenvalue weighted by molar-refractivity contribution is 0.0600. The second-order valence-corrected chi connectivity index (χ2v) is 6.50. The fourth-order valence-corrected chi connectivity index (χ4v) is 2.46. The molecule has 0 aromatic heterocycles. The molecule has 2 aromatic carbocycles. The Balaban J connectivity index is 1.78. The fraction of sp³-hybridized carbons (Fsp3) is 0.333. The Labute approximate surface area is 159 Å². The minimum absolute atomic E-state index is 0.335. The molecule has 0 spiro atoms. The third kappa shape index (κ3) is 6.33. The molecule has 0 aliphatic rings. The van der Waals surface area contributed by atoms with E-state index in [9.17, 15) is 9.59 Å². The van der Waals surface area contributed by atoms with E-state index in [1.165, 1.54) is 12.7 Å². The van der Waals surface area contributed by atoms with Crippen molar-refractivity contribution < 1.29 is 19.1 Å². The Bertz CT molecular complexity index is 755. The maximum absolute atomic E-state index is 12.0. The molecule has 0 fully saturated rings. The van der Waals surface area contributed by atoms with Gasteiger partial charge in [-0.15, -0.1) is 0 Å². The van der Waals surface area contributed by atoms with Crippen molar-refractivity contribution in [3.8, 4) is 5.75 Å². The molecule has 0 bridgehead atoms. The van der Waals surface area contributed by atoms with Crippen LogP contribution in [-0.4, -0.2) is 25.3 Å². The number of nitrogens with one attached hydrogen (secondary N) is 2. The van der Waals surface area contributed by atoms with Crippen LogP contribution in [0.5, 0.6) is 5.75 Å². The van der Waals surface area contributed by atoms with Crippen molar-refractivity contribution in [1.82, 2.24) is 10.6 Å². The highest BCUT2D eigenvalue weighted by Gasteiger charge is 2.09. The van der Waals surface area contributed by atoms with Gasteiger partial charge in [0.05, 0.1) is 12.7 Å². The smallest absolute Gasteiger partial charge is 0.337 e. The van der Waals surface area contributed by atoms with E-state index in [4.69, 9.17) is 4.74 Å². The van der Waals surface area contributed by atoms with Gasteiger partial charge in [0.15, 0.2) is 6.23 Å². The van der Waals surface area contributed by atoms with Crippen molar-refractivity contribution in [3.05, 3.63) is 65.2 Å². The fourth-order valence-electron chi connectivity index (χ4n) is 2.46. The van der Waals surface area contributed by atoms with Crippen LogP contribution < -0.4 is 15.4 Å². The van der Waals surface area contributed by atoms with Gasteiger partial charge in [0, 0.05) is 6.54 Å². The Morgan fingerprint density at radius 2 is 1.59 bits per heavy atom. The summed E-state index contributed by atoms with van der Waals surface area (Å²) >= 11 is 0. The van der Waals surface area contributed by atoms with Crippen molar-refractivity contribution in [1.29, 1.82) is 0 Å². The number of benzene rings is 2. The van der Waals surface area contributed by atoms with E-state index in [0.29, 0.717) is 23.8 Å². The normalized spacial score (nSPS) is 11.6. The van der Waals surface area contributed by atoms with Crippen LogP contribution >= 0.6 is 0 Å². The third-order valence-corrected chi connectivity index (χ3v) is 4.02. The van der Waals surface area contributed by atoms with Gasteiger partial charge in [-0.05, 0) is 48.2 Å². The monoisotopic (exact) mass is 370 g/mol. The maximum atomic E-state index is 12.0. The van der Waals surface area contributed by atoms with E-state index >= 15 is 0 Å². The van der Waals surface area contributed by atoms with E-state index in [1.807, 2.05) is 24.3 Å². The summed E-state index contributed by atoms with van der Waals surface area (Å²) in [6.07, 6.45) is -0.475. The zero-order valence-corrected chi connectivity index (χ0v) is 16.1. The predicted octanol–water partition coefficient (Wildman–Crippen LogP) is 3.82. The van der Waals surface area contributed by atoms with Gasteiger partial charge < -0.3 is 20.1 Å². The lowest BCUT2D eigenvalue weighted by Gasteiger charge is -2.17. The predicted molar refractivity (Wildman–Crippen MR) is 104 cm³/mol. The van der Waals surface area contributed by atoms with Gasteiger partial charge in [0.25, 0.3) is 0 Å². The molecule has 0 saturated carbocycles. The highest BCUT2D eigenvalue weighted by molar-refractivity contribution is 5.89. The quantitative estimate of drug-likeness (QED) is 0.574. The molecular formula is C21H26N2O4. The van der Waals surface area contributed by atoms with Gasteiger partial charge >= 0.3 is 12.0 Å². The number of carbonyl (C=O) groups is 2. The molecule has 0 radical (unpaired) electrons. The van der Waals surface area contributed by atoms with E-state index in [1.54, 1.807) is 31.2 Å². The number of amides is 2. The van der Waals surface area contributed by atoms with Crippen LogP contribution in [0.15, 0.2) is 48.5 Å².